The van der Waals surface area contributed by atoms with Gasteiger partial charge >= 0.3 is 0 Å². The fourth-order valence-electron chi connectivity index (χ4n) is 4.13. The molecule has 11 heteroatoms. The number of carbonyl (C=O) groups excluding carboxylic acids is 1. The highest BCUT2D eigenvalue weighted by atomic mass is 32.2. The summed E-state index contributed by atoms with van der Waals surface area (Å²) in [5, 5.41) is 10.3. The largest absolute Gasteiger partial charge is 0.504 e. The van der Waals surface area contributed by atoms with Crippen LogP contribution in [0, 0.1) is 0 Å². The van der Waals surface area contributed by atoms with E-state index in [9.17, 15) is 9.90 Å². The van der Waals surface area contributed by atoms with Gasteiger partial charge in [-0.1, -0.05) is 30.0 Å². The van der Waals surface area contributed by atoms with Gasteiger partial charge in [-0.05, 0) is 30.5 Å². The van der Waals surface area contributed by atoms with E-state index in [1.54, 1.807) is 42.3 Å². The number of thiocarbonyl (C=S) groups is 1. The lowest BCUT2D eigenvalue weighted by atomic mass is 10.1. The number of methoxy groups -OCH3 is 5. The Bertz CT molecular complexity index is 1070. The molecule has 1 aliphatic rings. The van der Waals surface area contributed by atoms with Gasteiger partial charge in [-0.3, -0.25) is 4.79 Å². The molecule has 1 saturated heterocycles. The van der Waals surface area contributed by atoms with Gasteiger partial charge in [-0.2, -0.15) is 0 Å². The maximum Gasteiger partial charge on any atom is 0.237 e. The van der Waals surface area contributed by atoms with Crippen LogP contribution >= 0.6 is 24.0 Å². The van der Waals surface area contributed by atoms with Gasteiger partial charge in [-0.15, -0.1) is 0 Å². The number of hydrogen-bond acceptors (Lipinski definition) is 9. The summed E-state index contributed by atoms with van der Waals surface area (Å²) in [4.78, 5) is 17.3. The van der Waals surface area contributed by atoms with Gasteiger partial charge in [0.05, 0.1) is 52.5 Å². The second-order valence-electron chi connectivity index (χ2n) is 8.35. The van der Waals surface area contributed by atoms with E-state index in [0.29, 0.717) is 33.0 Å². The first-order valence-electron chi connectivity index (χ1n) is 11.8. The van der Waals surface area contributed by atoms with Crippen molar-refractivity contribution in [2.75, 3.05) is 59.3 Å². The monoisotopic (exact) mass is 550 g/mol. The summed E-state index contributed by atoms with van der Waals surface area (Å²) in [6, 6.07) is 8.49. The van der Waals surface area contributed by atoms with Crippen LogP contribution < -0.4 is 23.8 Å². The molecule has 0 aromatic heterocycles. The fraction of sp³-hybridized carbons (Fsp3) is 0.462. The van der Waals surface area contributed by atoms with Crippen LogP contribution in [0.1, 0.15) is 18.4 Å². The Morgan fingerprint density at radius 3 is 2.14 bits per heavy atom. The minimum Gasteiger partial charge on any atom is -0.504 e. The summed E-state index contributed by atoms with van der Waals surface area (Å²) in [5.74, 6) is 1.61. The molecule has 0 atom stereocenters. The smallest absolute Gasteiger partial charge is 0.237 e. The maximum absolute atomic E-state index is 13.6. The van der Waals surface area contributed by atoms with E-state index in [4.69, 9.17) is 35.9 Å². The van der Waals surface area contributed by atoms with E-state index in [0.717, 1.165) is 31.5 Å². The molecule has 202 valence electrons. The lowest BCUT2D eigenvalue weighted by Crippen LogP contribution is -2.39. The van der Waals surface area contributed by atoms with Crippen molar-refractivity contribution in [3.8, 4) is 28.7 Å². The third-order valence-electron chi connectivity index (χ3n) is 6.20. The first-order valence-corrected chi connectivity index (χ1v) is 13.1. The predicted octanol–water partition coefficient (Wildman–Crippen LogP) is 4.09. The van der Waals surface area contributed by atoms with Crippen LogP contribution in [-0.2, 0) is 16.1 Å². The van der Waals surface area contributed by atoms with Gasteiger partial charge < -0.3 is 38.6 Å². The molecule has 9 nitrogen and oxygen atoms in total. The topological polar surface area (TPSA) is 89.9 Å². The predicted molar refractivity (Wildman–Crippen MR) is 149 cm³/mol. The van der Waals surface area contributed by atoms with Crippen molar-refractivity contribution in [1.29, 1.82) is 0 Å². The Balaban J connectivity index is 1.85. The Morgan fingerprint density at radius 2 is 1.62 bits per heavy atom. The van der Waals surface area contributed by atoms with Crippen molar-refractivity contribution in [3.05, 3.63) is 35.9 Å². The third-order valence-corrected chi connectivity index (χ3v) is 7.71. The Kier molecular flexibility index (Phi) is 10.5. The molecular formula is C26H34N2O7S2. The molecule has 1 N–H and O–H groups in total. The van der Waals surface area contributed by atoms with Crippen LogP contribution in [0.25, 0.3) is 0 Å². The molecule has 1 heterocycles. The molecule has 1 aliphatic heterocycles. The van der Waals surface area contributed by atoms with Gasteiger partial charge in [0.15, 0.2) is 23.0 Å². The minimum absolute atomic E-state index is 0.00712. The second-order valence-corrected chi connectivity index (χ2v) is 9.96. The van der Waals surface area contributed by atoms with Crippen LogP contribution in [0.3, 0.4) is 0 Å². The van der Waals surface area contributed by atoms with Crippen LogP contribution in [0.2, 0.25) is 0 Å². The number of amides is 1. The quantitative estimate of drug-likeness (QED) is 0.436. The lowest BCUT2D eigenvalue weighted by molar-refractivity contribution is -0.116. The van der Waals surface area contributed by atoms with Crippen molar-refractivity contribution in [3.63, 3.8) is 0 Å². The zero-order valence-electron chi connectivity index (χ0n) is 21.8. The molecule has 0 saturated carbocycles. The number of anilines is 1. The van der Waals surface area contributed by atoms with Crippen molar-refractivity contribution in [2.24, 2.45) is 0 Å². The van der Waals surface area contributed by atoms with E-state index >= 15 is 0 Å². The van der Waals surface area contributed by atoms with Gasteiger partial charge in [0.25, 0.3) is 0 Å². The molecule has 0 spiro atoms. The zero-order valence-corrected chi connectivity index (χ0v) is 23.4. The average Bonchev–Trinajstić information content (AvgIpc) is 2.93. The molecule has 1 fully saturated rings. The molecule has 0 unspecified atom stereocenters. The molecule has 2 aromatic rings. The summed E-state index contributed by atoms with van der Waals surface area (Å²) in [5.41, 5.74) is 1.27. The normalized spacial score (nSPS) is 13.7. The summed E-state index contributed by atoms with van der Waals surface area (Å²) >= 11 is 6.97. The number of benzene rings is 2. The molecule has 0 radical (unpaired) electrons. The number of piperidine rings is 1. The van der Waals surface area contributed by atoms with Gasteiger partial charge in [0, 0.05) is 32.3 Å². The second kappa shape index (κ2) is 13.6. The first-order chi connectivity index (χ1) is 17.8. The number of nitrogens with zero attached hydrogens (tertiary/aromatic N) is 2. The molecule has 0 aliphatic carbocycles. The number of rotatable bonds is 10. The van der Waals surface area contributed by atoms with Crippen molar-refractivity contribution in [1.82, 2.24) is 4.90 Å². The van der Waals surface area contributed by atoms with Gasteiger partial charge in [0.2, 0.25) is 11.7 Å². The molecule has 1 amide bonds. The van der Waals surface area contributed by atoms with Crippen molar-refractivity contribution >= 4 is 39.9 Å². The van der Waals surface area contributed by atoms with E-state index < -0.39 is 0 Å². The number of aromatic hydroxyl groups is 1. The number of ether oxygens (including phenoxy) is 5. The summed E-state index contributed by atoms with van der Waals surface area (Å²) in [7, 11) is 7.78. The van der Waals surface area contributed by atoms with Crippen LogP contribution in [0.15, 0.2) is 30.3 Å². The average molecular weight is 551 g/mol. The van der Waals surface area contributed by atoms with Crippen LogP contribution in [0.4, 0.5) is 5.69 Å². The highest BCUT2D eigenvalue weighted by Gasteiger charge is 2.25. The highest BCUT2D eigenvalue weighted by Crippen LogP contribution is 2.41. The van der Waals surface area contributed by atoms with Crippen LogP contribution in [0.5, 0.6) is 28.7 Å². The number of carbonyl (C=O) groups is 1. The molecule has 2 aromatic carbocycles. The SMILES string of the molecule is COc1ccc(CN(C(=O)CSC(=S)N2CCC(OC)CC2)c2cc(OC)c(OC)c(OC)c2)cc1O. The minimum atomic E-state index is -0.163. The maximum atomic E-state index is 13.6. The van der Waals surface area contributed by atoms with Gasteiger partial charge in [0.1, 0.15) is 4.32 Å². The molecule has 37 heavy (non-hydrogen) atoms. The third kappa shape index (κ3) is 7.12. The molecule has 3 rings (SSSR count). The molecule has 0 bridgehead atoms. The summed E-state index contributed by atoms with van der Waals surface area (Å²) in [6.45, 7) is 1.81. The Labute approximate surface area is 227 Å². The number of hydrogen-bond donors (Lipinski definition) is 1. The van der Waals surface area contributed by atoms with E-state index in [1.165, 1.54) is 40.2 Å². The zero-order chi connectivity index (χ0) is 26.9. The van der Waals surface area contributed by atoms with Crippen LogP contribution in [-0.4, -0.2) is 80.7 Å². The van der Waals surface area contributed by atoms with E-state index in [1.807, 2.05) is 0 Å². The van der Waals surface area contributed by atoms with E-state index in [-0.39, 0.29) is 30.1 Å². The fourth-order valence-corrected chi connectivity index (χ4v) is 5.26. The molecular weight excluding hydrogens is 516 g/mol. The Morgan fingerprint density at radius 1 is 1.00 bits per heavy atom. The first kappa shape index (κ1) is 28.7. The summed E-state index contributed by atoms with van der Waals surface area (Å²) < 4.78 is 27.7. The number of thioether (sulfide) groups is 1. The Hall–Kier alpha value is -2.89. The lowest BCUT2D eigenvalue weighted by Gasteiger charge is -2.32. The number of phenolic OH excluding ortho intramolecular Hbond substituents is 1. The van der Waals surface area contributed by atoms with E-state index in [2.05, 4.69) is 4.90 Å². The summed E-state index contributed by atoms with van der Waals surface area (Å²) in [6.07, 6.45) is 2.06. The number of likely N-dealkylation sites (tertiary alicyclic amines) is 1. The number of phenols is 1. The van der Waals surface area contributed by atoms with Crippen molar-refractivity contribution in [2.45, 2.75) is 25.5 Å². The standard InChI is InChI=1S/C26H34N2O7S2/c1-31-19-8-10-27(11-9-19)26(36)37-16-24(30)28(15-17-6-7-21(32-2)20(29)12-17)18-13-22(33-3)25(35-5)23(14-18)34-4/h6-7,12-14,19,29H,8-11,15-16H2,1-5H3. The van der Waals surface area contributed by atoms with Gasteiger partial charge in [-0.25, -0.2) is 0 Å². The highest BCUT2D eigenvalue weighted by molar-refractivity contribution is 8.23. The van der Waals surface area contributed by atoms with Crippen molar-refractivity contribution < 1.29 is 33.6 Å².